The zero-order valence-electron chi connectivity index (χ0n) is 12.3. The van der Waals surface area contributed by atoms with Crippen LogP contribution in [0.4, 0.5) is 13.2 Å². The number of rotatable bonds is 6. The Morgan fingerprint density at radius 2 is 1.96 bits per heavy atom. The van der Waals surface area contributed by atoms with E-state index < -0.39 is 42.1 Å². The van der Waals surface area contributed by atoms with Crippen LogP contribution in [-0.4, -0.2) is 46.8 Å². The maximum atomic E-state index is 13.1. The molecule has 0 aromatic carbocycles. The van der Waals surface area contributed by atoms with E-state index in [9.17, 15) is 22.8 Å². The van der Waals surface area contributed by atoms with Crippen molar-refractivity contribution in [2.45, 2.75) is 43.9 Å². The van der Waals surface area contributed by atoms with Gasteiger partial charge in [-0.05, 0) is 6.42 Å². The van der Waals surface area contributed by atoms with Crippen LogP contribution in [0.3, 0.4) is 0 Å². The summed E-state index contributed by atoms with van der Waals surface area (Å²) in [5.41, 5.74) is -3.56. The van der Waals surface area contributed by atoms with E-state index in [4.69, 9.17) is 11.5 Å². The molecular formula is C14H16F3N3O3. The van der Waals surface area contributed by atoms with Gasteiger partial charge in [-0.25, -0.2) is 0 Å². The minimum absolute atomic E-state index is 0.0366. The molecule has 23 heavy (non-hydrogen) atoms. The number of carboxylic acids is 1. The number of likely N-dealkylation sites (tertiary alicyclic amines) is 1. The largest absolute Gasteiger partial charge is 0.481 e. The predicted molar refractivity (Wildman–Crippen MR) is 72.2 cm³/mol. The Labute approximate surface area is 130 Å². The summed E-state index contributed by atoms with van der Waals surface area (Å²) in [4.78, 5) is 24.1. The van der Waals surface area contributed by atoms with E-state index in [2.05, 4.69) is 16.1 Å². The summed E-state index contributed by atoms with van der Waals surface area (Å²) in [6.07, 6.45) is 0.798. The number of hydrogen-bond acceptors (Lipinski definition) is 4. The summed E-state index contributed by atoms with van der Waals surface area (Å²) in [6.45, 7) is -1.08. The molecule has 0 spiro atoms. The average Bonchev–Trinajstić information content (AvgIpc) is 3.07. The molecule has 2 rings (SSSR count). The third-order valence-corrected chi connectivity index (χ3v) is 4.37. The molecule has 0 saturated carbocycles. The highest BCUT2D eigenvalue weighted by atomic mass is 19.4. The summed E-state index contributed by atoms with van der Waals surface area (Å²) >= 11 is 0. The van der Waals surface area contributed by atoms with Gasteiger partial charge in [-0.3, -0.25) is 9.59 Å². The van der Waals surface area contributed by atoms with Crippen LogP contribution in [-0.2, 0) is 9.59 Å². The van der Waals surface area contributed by atoms with E-state index in [1.165, 1.54) is 0 Å². The quantitative estimate of drug-likeness (QED) is 0.758. The number of amides is 1. The third-order valence-electron chi connectivity index (χ3n) is 4.37. The van der Waals surface area contributed by atoms with E-state index in [-0.39, 0.29) is 19.4 Å². The van der Waals surface area contributed by atoms with Gasteiger partial charge >= 0.3 is 12.1 Å². The lowest BCUT2D eigenvalue weighted by molar-refractivity contribution is -0.227. The Kier molecular flexibility index (Phi) is 4.37. The van der Waals surface area contributed by atoms with Crippen LogP contribution >= 0.6 is 0 Å². The molecule has 6 nitrogen and oxygen atoms in total. The zero-order valence-corrected chi connectivity index (χ0v) is 12.3. The van der Waals surface area contributed by atoms with Gasteiger partial charge < -0.3 is 10.0 Å². The lowest BCUT2D eigenvalue weighted by atomic mass is 9.86. The number of carbonyl (C=O) groups is 2. The number of nitrogens with zero attached hydrogens (tertiary/aromatic N) is 3. The van der Waals surface area contributed by atoms with Crippen LogP contribution in [0.25, 0.3) is 0 Å². The van der Waals surface area contributed by atoms with E-state index in [0.717, 1.165) is 4.90 Å². The molecular weight excluding hydrogens is 315 g/mol. The molecule has 1 atom stereocenters. The Bertz CT molecular complexity index is 576. The van der Waals surface area contributed by atoms with Crippen LogP contribution in [0, 0.1) is 17.8 Å². The first-order valence-electron chi connectivity index (χ1n) is 7.11. The molecule has 0 aliphatic carbocycles. The van der Waals surface area contributed by atoms with Gasteiger partial charge in [0.2, 0.25) is 5.91 Å². The van der Waals surface area contributed by atoms with Gasteiger partial charge in [0.1, 0.15) is 0 Å². The first-order valence-corrected chi connectivity index (χ1v) is 7.11. The Morgan fingerprint density at radius 3 is 2.39 bits per heavy atom. The van der Waals surface area contributed by atoms with Crippen LogP contribution in [0.15, 0.2) is 10.2 Å². The van der Waals surface area contributed by atoms with Crippen LogP contribution in [0.1, 0.15) is 32.1 Å². The molecule has 2 aliphatic heterocycles. The molecule has 1 unspecified atom stereocenters. The van der Waals surface area contributed by atoms with Crippen molar-refractivity contribution in [1.82, 2.24) is 4.90 Å². The molecule has 1 fully saturated rings. The molecule has 126 valence electrons. The lowest BCUT2D eigenvalue weighted by Crippen LogP contribution is -2.47. The maximum absolute atomic E-state index is 13.1. The SMILES string of the molecule is C#CCCC1(CCC(=O)N2CCC(C(=O)O)(C(F)(F)F)C2)N=N1. The maximum Gasteiger partial charge on any atom is 0.406 e. The van der Waals surface area contributed by atoms with E-state index >= 15 is 0 Å². The second-order valence-corrected chi connectivity index (χ2v) is 5.84. The average molecular weight is 331 g/mol. The fourth-order valence-electron chi connectivity index (χ4n) is 2.68. The van der Waals surface area contributed by atoms with Crippen LogP contribution in [0.5, 0.6) is 0 Å². The van der Waals surface area contributed by atoms with Crippen molar-refractivity contribution in [1.29, 1.82) is 0 Å². The van der Waals surface area contributed by atoms with Gasteiger partial charge in [-0.2, -0.15) is 23.4 Å². The molecule has 2 heterocycles. The first-order chi connectivity index (χ1) is 10.7. The van der Waals surface area contributed by atoms with Crippen molar-refractivity contribution in [3.63, 3.8) is 0 Å². The minimum Gasteiger partial charge on any atom is -0.481 e. The third kappa shape index (κ3) is 3.30. The topological polar surface area (TPSA) is 82.3 Å². The smallest absolute Gasteiger partial charge is 0.406 e. The Morgan fingerprint density at radius 1 is 1.30 bits per heavy atom. The highest BCUT2D eigenvalue weighted by molar-refractivity contribution is 5.81. The number of carboxylic acid groups (broad SMARTS) is 1. The molecule has 1 amide bonds. The summed E-state index contributed by atoms with van der Waals surface area (Å²) in [5, 5.41) is 16.7. The molecule has 0 radical (unpaired) electrons. The molecule has 0 bridgehead atoms. The van der Waals surface area contributed by atoms with Crippen molar-refractivity contribution < 1.29 is 27.9 Å². The summed E-state index contributed by atoms with van der Waals surface area (Å²) < 4.78 is 39.2. The van der Waals surface area contributed by atoms with E-state index in [1.807, 2.05) is 0 Å². The van der Waals surface area contributed by atoms with Crippen molar-refractivity contribution in [2.24, 2.45) is 15.6 Å². The number of terminal acetylenes is 1. The van der Waals surface area contributed by atoms with Crippen molar-refractivity contribution in [3.8, 4) is 12.3 Å². The van der Waals surface area contributed by atoms with Gasteiger partial charge in [0.05, 0.1) is 0 Å². The van der Waals surface area contributed by atoms with Crippen molar-refractivity contribution in [3.05, 3.63) is 0 Å². The Balaban J connectivity index is 1.93. The van der Waals surface area contributed by atoms with Crippen molar-refractivity contribution >= 4 is 11.9 Å². The number of hydrogen-bond donors (Lipinski definition) is 1. The van der Waals surface area contributed by atoms with Gasteiger partial charge in [-0.1, -0.05) is 0 Å². The highest BCUT2D eigenvalue weighted by Crippen LogP contribution is 2.46. The standard InChI is InChI=1S/C14H16F3N3O3/c1-2-3-5-13(18-19-13)6-4-10(21)20-8-7-12(9-20,11(22)23)14(15,16)17/h1H,3-9H2,(H,22,23). The molecule has 1 N–H and O–H groups in total. The zero-order chi connectivity index (χ0) is 17.3. The molecule has 0 aromatic rings. The second kappa shape index (κ2) is 5.83. The van der Waals surface area contributed by atoms with Crippen molar-refractivity contribution in [2.75, 3.05) is 13.1 Å². The fraction of sp³-hybridized carbons (Fsp3) is 0.714. The predicted octanol–water partition coefficient (Wildman–Crippen LogP) is 2.21. The fourth-order valence-corrected chi connectivity index (χ4v) is 2.68. The van der Waals surface area contributed by atoms with E-state index in [0.29, 0.717) is 12.8 Å². The second-order valence-electron chi connectivity index (χ2n) is 5.84. The lowest BCUT2D eigenvalue weighted by Gasteiger charge is -2.27. The van der Waals surface area contributed by atoms with Gasteiger partial charge in [0.15, 0.2) is 11.1 Å². The Hall–Kier alpha value is -2.11. The normalized spacial score (nSPS) is 25.2. The molecule has 1 saturated heterocycles. The van der Waals surface area contributed by atoms with Gasteiger partial charge in [0.25, 0.3) is 0 Å². The monoisotopic (exact) mass is 331 g/mol. The van der Waals surface area contributed by atoms with E-state index in [1.54, 1.807) is 0 Å². The number of halogens is 3. The van der Waals surface area contributed by atoms with Crippen LogP contribution < -0.4 is 0 Å². The molecule has 9 heteroatoms. The number of alkyl halides is 3. The number of carbonyl (C=O) groups excluding carboxylic acids is 1. The first kappa shape index (κ1) is 17.2. The van der Waals surface area contributed by atoms with Gasteiger partial charge in [0, 0.05) is 38.8 Å². The molecule has 0 aromatic heterocycles. The summed E-state index contributed by atoms with van der Waals surface area (Å²) in [5.74, 6) is -0.0243. The number of aliphatic carboxylic acids is 1. The summed E-state index contributed by atoms with van der Waals surface area (Å²) in [6, 6.07) is 0. The highest BCUT2D eigenvalue weighted by Gasteiger charge is 2.64. The van der Waals surface area contributed by atoms with Crippen LogP contribution in [0.2, 0.25) is 0 Å². The molecule has 2 aliphatic rings. The van der Waals surface area contributed by atoms with Gasteiger partial charge in [-0.15, -0.1) is 12.3 Å². The minimum atomic E-state index is -4.90. The summed E-state index contributed by atoms with van der Waals surface area (Å²) in [7, 11) is 0.